The number of benzene rings is 2. The summed E-state index contributed by atoms with van der Waals surface area (Å²) in [4.78, 5) is 12.8. The topological polar surface area (TPSA) is 89.7 Å². The smallest absolute Gasteiger partial charge is 0.309 e. The third-order valence-corrected chi connectivity index (χ3v) is 7.78. The minimum absolute atomic E-state index is 0.0241. The SMILES string of the molecule is Cc1ccc(S(=O)(=O)N2CCC(C(=O)OCc3cc(-c4ccccc4)on3)CC2)cc1C. The number of hydrogen-bond acceptors (Lipinski definition) is 6. The van der Waals surface area contributed by atoms with E-state index < -0.39 is 10.0 Å². The number of aryl methyl sites for hydroxylation is 2. The summed E-state index contributed by atoms with van der Waals surface area (Å²) in [6.45, 7) is 4.45. The third kappa shape index (κ3) is 4.76. The van der Waals surface area contributed by atoms with Crippen molar-refractivity contribution in [3.63, 3.8) is 0 Å². The number of hydrogen-bond donors (Lipinski definition) is 0. The Morgan fingerprint density at radius 1 is 1.06 bits per heavy atom. The molecule has 0 saturated carbocycles. The maximum Gasteiger partial charge on any atom is 0.309 e. The van der Waals surface area contributed by atoms with Crippen molar-refractivity contribution in [2.45, 2.75) is 38.2 Å². The minimum Gasteiger partial charge on any atom is -0.459 e. The van der Waals surface area contributed by atoms with Gasteiger partial charge in [-0.1, -0.05) is 41.6 Å². The first-order valence-corrected chi connectivity index (χ1v) is 12.0. The van der Waals surface area contributed by atoms with E-state index in [0.29, 0.717) is 29.2 Å². The molecule has 0 bridgehead atoms. The van der Waals surface area contributed by atoms with Crippen molar-refractivity contribution in [1.82, 2.24) is 9.46 Å². The number of ether oxygens (including phenoxy) is 1. The molecular weight excluding hydrogens is 428 g/mol. The average Bonchev–Trinajstić information content (AvgIpc) is 3.29. The van der Waals surface area contributed by atoms with Crippen molar-refractivity contribution in [3.8, 4) is 11.3 Å². The molecule has 0 unspecified atom stereocenters. The molecule has 0 N–H and O–H groups in total. The van der Waals surface area contributed by atoms with Crippen molar-refractivity contribution >= 4 is 16.0 Å². The number of piperidine rings is 1. The molecule has 2 heterocycles. The Balaban J connectivity index is 1.31. The zero-order valence-corrected chi connectivity index (χ0v) is 19.0. The van der Waals surface area contributed by atoms with E-state index in [9.17, 15) is 13.2 Å². The number of rotatable bonds is 6. The quantitative estimate of drug-likeness (QED) is 0.521. The van der Waals surface area contributed by atoms with Gasteiger partial charge in [0.05, 0.1) is 10.8 Å². The number of aromatic nitrogens is 1. The second-order valence-corrected chi connectivity index (χ2v) is 10.0. The molecule has 0 aliphatic carbocycles. The van der Waals surface area contributed by atoms with Crippen molar-refractivity contribution in [2.75, 3.05) is 13.1 Å². The Morgan fingerprint density at radius 3 is 2.47 bits per heavy atom. The molecule has 1 aliphatic heterocycles. The van der Waals surface area contributed by atoms with E-state index in [1.165, 1.54) is 4.31 Å². The lowest BCUT2D eigenvalue weighted by Crippen LogP contribution is -2.40. The van der Waals surface area contributed by atoms with Crippen molar-refractivity contribution < 1.29 is 22.5 Å². The lowest BCUT2D eigenvalue weighted by Gasteiger charge is -2.30. The number of sulfonamides is 1. The monoisotopic (exact) mass is 454 g/mol. The van der Waals surface area contributed by atoms with Crippen LogP contribution in [-0.4, -0.2) is 36.9 Å². The van der Waals surface area contributed by atoms with Crippen LogP contribution in [0.4, 0.5) is 0 Å². The Morgan fingerprint density at radius 2 is 1.78 bits per heavy atom. The van der Waals surface area contributed by atoms with Crippen molar-refractivity contribution in [2.24, 2.45) is 5.92 Å². The molecule has 0 spiro atoms. The van der Waals surface area contributed by atoms with Crippen LogP contribution in [-0.2, 0) is 26.2 Å². The normalized spacial score (nSPS) is 15.6. The molecule has 1 saturated heterocycles. The summed E-state index contributed by atoms with van der Waals surface area (Å²) in [5, 5.41) is 3.96. The minimum atomic E-state index is -3.57. The molecular formula is C24H26N2O5S. The first-order valence-electron chi connectivity index (χ1n) is 10.6. The Bertz CT molecular complexity index is 1200. The van der Waals surface area contributed by atoms with Crippen LogP contribution < -0.4 is 0 Å². The standard InChI is InChI=1S/C24H26N2O5S/c1-17-8-9-22(14-18(17)2)32(28,29)26-12-10-20(11-13-26)24(27)30-16-21-15-23(31-25-21)19-6-4-3-5-7-19/h3-9,14-15,20H,10-13,16H2,1-2H3. The van der Waals surface area contributed by atoms with E-state index in [1.54, 1.807) is 18.2 Å². The molecule has 32 heavy (non-hydrogen) atoms. The van der Waals surface area contributed by atoms with Crippen LogP contribution >= 0.6 is 0 Å². The van der Waals surface area contributed by atoms with E-state index >= 15 is 0 Å². The lowest BCUT2D eigenvalue weighted by molar-refractivity contribution is -0.151. The van der Waals surface area contributed by atoms with Gasteiger partial charge in [-0.15, -0.1) is 0 Å². The molecule has 3 aromatic rings. The van der Waals surface area contributed by atoms with E-state index in [0.717, 1.165) is 16.7 Å². The van der Waals surface area contributed by atoms with Gasteiger partial charge in [0.25, 0.3) is 0 Å². The molecule has 1 aliphatic rings. The zero-order valence-electron chi connectivity index (χ0n) is 18.2. The fourth-order valence-electron chi connectivity index (χ4n) is 3.74. The van der Waals surface area contributed by atoms with Crippen LogP contribution in [0.2, 0.25) is 0 Å². The Kier molecular flexibility index (Phi) is 6.43. The zero-order chi connectivity index (χ0) is 22.7. The molecule has 1 fully saturated rings. The summed E-state index contributed by atoms with van der Waals surface area (Å²) in [7, 11) is -3.57. The number of carbonyl (C=O) groups excluding carboxylic acids is 1. The molecule has 168 valence electrons. The number of nitrogens with zero attached hydrogens (tertiary/aromatic N) is 2. The maximum atomic E-state index is 12.9. The number of carbonyl (C=O) groups is 1. The predicted molar refractivity (Wildman–Crippen MR) is 119 cm³/mol. The van der Waals surface area contributed by atoms with Crippen LogP contribution in [0.15, 0.2) is 64.0 Å². The van der Waals surface area contributed by atoms with Gasteiger partial charge in [-0.25, -0.2) is 8.42 Å². The van der Waals surface area contributed by atoms with Gasteiger partial charge in [0.15, 0.2) is 5.76 Å². The summed E-state index contributed by atoms with van der Waals surface area (Å²) >= 11 is 0. The second-order valence-electron chi connectivity index (χ2n) is 8.08. The van der Waals surface area contributed by atoms with Gasteiger partial charge in [-0.2, -0.15) is 4.31 Å². The summed E-state index contributed by atoms with van der Waals surface area (Å²) < 4.78 is 38.1. The molecule has 7 nitrogen and oxygen atoms in total. The summed E-state index contributed by atoms with van der Waals surface area (Å²) in [5.41, 5.74) is 3.42. The van der Waals surface area contributed by atoms with Gasteiger partial charge in [0.1, 0.15) is 12.3 Å². The number of esters is 1. The van der Waals surface area contributed by atoms with E-state index in [-0.39, 0.29) is 31.6 Å². The van der Waals surface area contributed by atoms with E-state index in [1.807, 2.05) is 50.2 Å². The molecule has 0 radical (unpaired) electrons. The van der Waals surface area contributed by atoms with Gasteiger partial charge in [0, 0.05) is 24.7 Å². The predicted octanol–water partition coefficient (Wildman–Crippen LogP) is 4.10. The van der Waals surface area contributed by atoms with Gasteiger partial charge in [0.2, 0.25) is 10.0 Å². The van der Waals surface area contributed by atoms with E-state index in [4.69, 9.17) is 9.26 Å². The van der Waals surface area contributed by atoms with E-state index in [2.05, 4.69) is 5.16 Å². The van der Waals surface area contributed by atoms with Gasteiger partial charge < -0.3 is 9.26 Å². The highest BCUT2D eigenvalue weighted by Gasteiger charge is 2.33. The summed E-state index contributed by atoms with van der Waals surface area (Å²) in [6, 6.07) is 16.5. The summed E-state index contributed by atoms with van der Waals surface area (Å²) in [6.07, 6.45) is 0.855. The largest absolute Gasteiger partial charge is 0.459 e. The third-order valence-electron chi connectivity index (χ3n) is 5.88. The fraction of sp³-hybridized carbons (Fsp3) is 0.333. The molecule has 0 atom stereocenters. The molecule has 2 aromatic carbocycles. The first-order chi connectivity index (χ1) is 15.3. The highest BCUT2D eigenvalue weighted by atomic mass is 32.2. The molecule has 0 amide bonds. The van der Waals surface area contributed by atoms with Crippen LogP contribution in [0, 0.1) is 19.8 Å². The maximum absolute atomic E-state index is 12.9. The molecule has 8 heteroatoms. The van der Waals surface area contributed by atoms with Crippen LogP contribution in [0.3, 0.4) is 0 Å². The van der Waals surface area contributed by atoms with Crippen LogP contribution in [0.1, 0.15) is 29.7 Å². The lowest BCUT2D eigenvalue weighted by atomic mass is 9.98. The highest BCUT2D eigenvalue weighted by Crippen LogP contribution is 2.26. The van der Waals surface area contributed by atoms with Gasteiger partial charge in [-0.3, -0.25) is 4.79 Å². The van der Waals surface area contributed by atoms with Gasteiger partial charge in [-0.05, 0) is 49.9 Å². The summed E-state index contributed by atoms with van der Waals surface area (Å²) in [5.74, 6) is -0.0549. The highest BCUT2D eigenvalue weighted by molar-refractivity contribution is 7.89. The van der Waals surface area contributed by atoms with Crippen LogP contribution in [0.5, 0.6) is 0 Å². The van der Waals surface area contributed by atoms with Crippen molar-refractivity contribution in [3.05, 3.63) is 71.4 Å². The van der Waals surface area contributed by atoms with Gasteiger partial charge >= 0.3 is 5.97 Å². The average molecular weight is 455 g/mol. The second kappa shape index (κ2) is 9.26. The van der Waals surface area contributed by atoms with Crippen molar-refractivity contribution in [1.29, 1.82) is 0 Å². The Labute approximate surface area is 188 Å². The molecule has 4 rings (SSSR count). The van der Waals surface area contributed by atoms with Crippen LogP contribution in [0.25, 0.3) is 11.3 Å². The first kappa shape index (κ1) is 22.2. The Hall–Kier alpha value is -2.97. The molecule has 1 aromatic heterocycles. The fourth-order valence-corrected chi connectivity index (χ4v) is 5.29.